The van der Waals surface area contributed by atoms with Gasteiger partial charge in [0, 0.05) is 57.8 Å². The highest BCUT2D eigenvalue weighted by atomic mass is 19.1. The molecule has 0 atom stereocenters. The standard InChI is InChI=1S/C26H29FN4O2/c1-2-19-11-23-20(12-24(19)32)9-18(14-28-23)16-30-5-7-31(8-6-30)21-13-22(27)26(29-15-21)25(33)10-17-3-4-17/h9,11,13-15,17H,2-8,10,12,16H2,1H3. The van der Waals surface area contributed by atoms with Gasteiger partial charge < -0.3 is 4.90 Å². The summed E-state index contributed by atoms with van der Waals surface area (Å²) < 4.78 is 14.5. The smallest absolute Gasteiger partial charge is 0.184 e. The Morgan fingerprint density at radius 3 is 2.61 bits per heavy atom. The molecule has 0 amide bonds. The average Bonchev–Trinajstić information content (AvgIpc) is 3.63. The lowest BCUT2D eigenvalue weighted by atomic mass is 9.92. The van der Waals surface area contributed by atoms with Gasteiger partial charge in [-0.2, -0.15) is 0 Å². The van der Waals surface area contributed by atoms with Crippen LogP contribution in [0.25, 0.3) is 6.08 Å². The lowest BCUT2D eigenvalue weighted by Crippen LogP contribution is -2.46. The lowest BCUT2D eigenvalue weighted by molar-refractivity contribution is -0.115. The van der Waals surface area contributed by atoms with Gasteiger partial charge in [0.2, 0.25) is 0 Å². The van der Waals surface area contributed by atoms with E-state index in [9.17, 15) is 14.0 Å². The number of aromatic nitrogens is 2. The first-order chi connectivity index (χ1) is 16.0. The lowest BCUT2D eigenvalue weighted by Gasteiger charge is -2.36. The number of Topliss-reactive ketones (excluding diaryl/α,β-unsaturated/α-hetero) is 2. The van der Waals surface area contributed by atoms with Gasteiger partial charge in [0.05, 0.1) is 17.6 Å². The number of allylic oxidation sites excluding steroid dienone is 1. The number of rotatable bonds is 7. The van der Waals surface area contributed by atoms with Crippen LogP contribution >= 0.6 is 0 Å². The van der Waals surface area contributed by atoms with Gasteiger partial charge in [-0.15, -0.1) is 0 Å². The fourth-order valence-corrected chi connectivity index (χ4v) is 4.67. The van der Waals surface area contributed by atoms with Gasteiger partial charge in [-0.25, -0.2) is 9.37 Å². The Balaban J connectivity index is 1.18. The van der Waals surface area contributed by atoms with Gasteiger partial charge in [0.15, 0.2) is 17.4 Å². The number of carbonyl (C=O) groups excluding carboxylic acids is 2. The molecule has 2 aromatic rings. The Bertz CT molecular complexity index is 1120. The van der Waals surface area contributed by atoms with Crippen molar-refractivity contribution in [2.24, 2.45) is 5.92 Å². The summed E-state index contributed by atoms with van der Waals surface area (Å²) in [4.78, 5) is 37.6. The van der Waals surface area contributed by atoms with Crippen molar-refractivity contribution in [3.63, 3.8) is 0 Å². The minimum atomic E-state index is -0.518. The zero-order valence-corrected chi connectivity index (χ0v) is 19.0. The van der Waals surface area contributed by atoms with E-state index < -0.39 is 5.82 Å². The van der Waals surface area contributed by atoms with Gasteiger partial charge in [-0.05, 0) is 48.0 Å². The number of piperazine rings is 1. The van der Waals surface area contributed by atoms with E-state index >= 15 is 0 Å². The number of halogens is 1. The molecule has 1 saturated heterocycles. The Hall–Kier alpha value is -2.93. The molecule has 0 unspecified atom stereocenters. The van der Waals surface area contributed by atoms with Crippen LogP contribution in [0.3, 0.4) is 0 Å². The summed E-state index contributed by atoms with van der Waals surface area (Å²) in [6.45, 7) is 5.95. The van der Waals surface area contributed by atoms with Crippen molar-refractivity contribution in [3.8, 4) is 0 Å². The van der Waals surface area contributed by atoms with Crippen molar-refractivity contribution in [2.45, 2.75) is 45.6 Å². The molecule has 33 heavy (non-hydrogen) atoms. The third kappa shape index (κ3) is 4.88. The van der Waals surface area contributed by atoms with Crippen molar-refractivity contribution in [1.29, 1.82) is 0 Å². The van der Waals surface area contributed by atoms with Crippen molar-refractivity contribution < 1.29 is 14.0 Å². The molecule has 0 radical (unpaired) electrons. The minimum absolute atomic E-state index is 0.0245. The molecule has 0 spiro atoms. The minimum Gasteiger partial charge on any atom is -0.368 e. The first-order valence-electron chi connectivity index (χ1n) is 11.9. The summed E-state index contributed by atoms with van der Waals surface area (Å²) in [5, 5.41) is 0. The van der Waals surface area contributed by atoms with E-state index in [4.69, 9.17) is 0 Å². The number of carbonyl (C=O) groups is 2. The molecule has 3 heterocycles. The second-order valence-corrected chi connectivity index (χ2v) is 9.37. The molecule has 0 bridgehead atoms. The number of hydrogen-bond donors (Lipinski definition) is 0. The summed E-state index contributed by atoms with van der Waals surface area (Å²) in [6.07, 6.45) is 9.15. The first kappa shape index (κ1) is 21.9. The van der Waals surface area contributed by atoms with E-state index in [1.807, 2.05) is 19.2 Å². The number of anilines is 1. The molecule has 1 saturated carbocycles. The van der Waals surface area contributed by atoms with Gasteiger partial charge in [-0.3, -0.25) is 19.5 Å². The Kier molecular flexibility index (Phi) is 6.06. The molecule has 3 aliphatic rings. The van der Waals surface area contributed by atoms with E-state index in [0.717, 1.165) is 80.1 Å². The summed E-state index contributed by atoms with van der Waals surface area (Å²) in [5.41, 5.74) is 4.57. The first-order valence-corrected chi connectivity index (χ1v) is 11.9. The molecule has 2 aromatic heterocycles. The van der Waals surface area contributed by atoms with Crippen LogP contribution in [0.5, 0.6) is 0 Å². The third-order valence-corrected chi connectivity index (χ3v) is 6.86. The molecule has 6 nitrogen and oxygen atoms in total. The molecule has 0 aromatic carbocycles. The predicted octanol–water partition coefficient (Wildman–Crippen LogP) is 3.84. The molecular weight excluding hydrogens is 419 g/mol. The fraction of sp³-hybridized carbons (Fsp3) is 0.462. The molecule has 1 aliphatic heterocycles. The van der Waals surface area contributed by atoms with Gasteiger partial charge in [0.1, 0.15) is 5.69 Å². The van der Waals surface area contributed by atoms with Crippen molar-refractivity contribution in [1.82, 2.24) is 14.9 Å². The van der Waals surface area contributed by atoms with Crippen LogP contribution in [-0.4, -0.2) is 52.6 Å². The number of fused-ring (bicyclic) bond motifs is 1. The van der Waals surface area contributed by atoms with Gasteiger partial charge >= 0.3 is 0 Å². The van der Waals surface area contributed by atoms with Crippen LogP contribution < -0.4 is 4.90 Å². The third-order valence-electron chi connectivity index (χ3n) is 6.86. The zero-order valence-electron chi connectivity index (χ0n) is 19.0. The SMILES string of the molecule is CCC1=Cc2ncc(CN3CCN(c4cnc(C(=O)CC5CC5)c(F)c4)CC3)cc2CC1=O. The van der Waals surface area contributed by atoms with E-state index in [2.05, 4.69) is 25.8 Å². The Labute approximate surface area is 193 Å². The summed E-state index contributed by atoms with van der Waals surface area (Å²) >= 11 is 0. The maximum atomic E-state index is 14.5. The molecule has 7 heteroatoms. The highest BCUT2D eigenvalue weighted by molar-refractivity contribution is 6.03. The maximum absolute atomic E-state index is 14.5. The zero-order chi connectivity index (χ0) is 22.9. The number of pyridine rings is 2. The molecule has 0 N–H and O–H groups in total. The van der Waals surface area contributed by atoms with Crippen LogP contribution in [0.15, 0.2) is 30.1 Å². The molecular formula is C26H29FN4O2. The summed E-state index contributed by atoms with van der Waals surface area (Å²) in [5.74, 6) is -0.0927. The van der Waals surface area contributed by atoms with Crippen LogP contribution in [0, 0.1) is 11.7 Å². The number of hydrogen-bond acceptors (Lipinski definition) is 6. The summed E-state index contributed by atoms with van der Waals surface area (Å²) in [6, 6.07) is 3.55. The highest BCUT2D eigenvalue weighted by Gasteiger charge is 2.27. The van der Waals surface area contributed by atoms with Crippen LogP contribution in [0.4, 0.5) is 10.1 Å². The Morgan fingerprint density at radius 1 is 1.12 bits per heavy atom. The average molecular weight is 449 g/mol. The van der Waals surface area contributed by atoms with Crippen molar-refractivity contribution in [2.75, 3.05) is 31.1 Å². The molecule has 2 fully saturated rings. The number of nitrogens with zero attached hydrogens (tertiary/aromatic N) is 4. The quantitative estimate of drug-likeness (QED) is 0.600. The van der Waals surface area contributed by atoms with E-state index in [1.54, 1.807) is 6.20 Å². The Morgan fingerprint density at radius 2 is 1.91 bits per heavy atom. The van der Waals surface area contributed by atoms with E-state index in [0.29, 0.717) is 18.8 Å². The molecule has 5 rings (SSSR count). The number of ketones is 2. The molecule has 172 valence electrons. The van der Waals surface area contributed by atoms with Crippen molar-refractivity contribution in [3.05, 3.63) is 58.4 Å². The normalized spacial score (nSPS) is 18.8. The van der Waals surface area contributed by atoms with Gasteiger partial charge in [-0.1, -0.05) is 13.0 Å². The summed E-state index contributed by atoms with van der Waals surface area (Å²) in [7, 11) is 0. The van der Waals surface area contributed by atoms with E-state index in [1.165, 1.54) is 6.07 Å². The second kappa shape index (κ2) is 9.14. The largest absolute Gasteiger partial charge is 0.368 e. The molecule has 2 aliphatic carbocycles. The fourth-order valence-electron chi connectivity index (χ4n) is 4.67. The van der Waals surface area contributed by atoms with Crippen LogP contribution in [0.2, 0.25) is 0 Å². The van der Waals surface area contributed by atoms with Crippen molar-refractivity contribution >= 4 is 23.3 Å². The highest BCUT2D eigenvalue weighted by Crippen LogP contribution is 2.33. The monoisotopic (exact) mass is 448 g/mol. The predicted molar refractivity (Wildman–Crippen MR) is 125 cm³/mol. The van der Waals surface area contributed by atoms with E-state index in [-0.39, 0.29) is 17.3 Å². The van der Waals surface area contributed by atoms with Gasteiger partial charge in [0.25, 0.3) is 0 Å². The second-order valence-electron chi connectivity index (χ2n) is 9.37. The maximum Gasteiger partial charge on any atom is 0.184 e. The van der Waals surface area contributed by atoms with Crippen LogP contribution in [-0.2, 0) is 17.8 Å². The van der Waals surface area contributed by atoms with Crippen LogP contribution in [0.1, 0.15) is 59.9 Å². The topological polar surface area (TPSA) is 66.4 Å².